The Balaban J connectivity index is 2.35. The molecule has 0 aromatic heterocycles. The average molecular weight is 301 g/mol. The van der Waals surface area contributed by atoms with Gasteiger partial charge in [-0.2, -0.15) is 4.31 Å². The minimum Gasteiger partial charge on any atom is -0.486 e. The Bertz CT molecular complexity index is 612. The molecule has 8 heteroatoms. The van der Waals surface area contributed by atoms with E-state index in [1.165, 1.54) is 18.2 Å². The summed E-state index contributed by atoms with van der Waals surface area (Å²) in [7, 11) is -3.86. The van der Waals surface area contributed by atoms with Gasteiger partial charge in [0, 0.05) is 12.6 Å². The molecule has 1 heterocycles. The summed E-state index contributed by atoms with van der Waals surface area (Å²) in [5.41, 5.74) is 0. The highest BCUT2D eigenvalue weighted by molar-refractivity contribution is 7.89. The number of nitrogens with zero attached hydrogens (tertiary/aromatic N) is 1. The summed E-state index contributed by atoms with van der Waals surface area (Å²) in [6, 6.07) is 4.25. The van der Waals surface area contributed by atoms with Crippen molar-refractivity contribution in [1.29, 1.82) is 0 Å². The Hall–Kier alpha value is -1.80. The maximum absolute atomic E-state index is 12.4. The highest BCUT2D eigenvalue weighted by Crippen LogP contribution is 2.33. The van der Waals surface area contributed by atoms with Gasteiger partial charge in [0.1, 0.15) is 19.8 Å². The molecule has 0 spiro atoms. The van der Waals surface area contributed by atoms with Gasteiger partial charge in [0.05, 0.1) is 4.90 Å². The summed E-state index contributed by atoms with van der Waals surface area (Å²) in [6.45, 7) is 1.84. The molecule has 110 valence electrons. The van der Waals surface area contributed by atoms with Gasteiger partial charge in [-0.1, -0.05) is 6.92 Å². The van der Waals surface area contributed by atoms with Crippen molar-refractivity contribution in [1.82, 2.24) is 4.31 Å². The van der Waals surface area contributed by atoms with E-state index in [0.717, 1.165) is 4.31 Å². The van der Waals surface area contributed by atoms with Crippen LogP contribution in [0.2, 0.25) is 0 Å². The van der Waals surface area contributed by atoms with Crippen LogP contribution in [0.25, 0.3) is 0 Å². The zero-order valence-corrected chi connectivity index (χ0v) is 11.7. The van der Waals surface area contributed by atoms with Gasteiger partial charge < -0.3 is 14.6 Å². The number of carboxylic acid groups (broad SMARTS) is 1. The van der Waals surface area contributed by atoms with Crippen LogP contribution in [0.15, 0.2) is 23.1 Å². The molecule has 7 nitrogen and oxygen atoms in total. The standard InChI is InChI=1S/C12H15NO6S/c1-2-13(8-12(14)15)20(16,17)9-3-4-10-11(7-9)19-6-5-18-10/h3-4,7H,2,5-6,8H2,1H3,(H,14,15). The average Bonchev–Trinajstić information content (AvgIpc) is 2.43. The minimum atomic E-state index is -3.86. The Morgan fingerprint density at radius 2 is 1.95 bits per heavy atom. The Kier molecular flexibility index (Phi) is 4.15. The van der Waals surface area contributed by atoms with Crippen molar-refractivity contribution in [3.8, 4) is 11.5 Å². The molecule has 1 N–H and O–H groups in total. The normalized spacial score (nSPS) is 14.3. The summed E-state index contributed by atoms with van der Waals surface area (Å²) in [5.74, 6) is -0.367. The molecule has 0 saturated carbocycles. The number of sulfonamides is 1. The van der Waals surface area contributed by atoms with Gasteiger partial charge in [0.2, 0.25) is 10.0 Å². The highest BCUT2D eigenvalue weighted by Gasteiger charge is 2.26. The lowest BCUT2D eigenvalue weighted by Gasteiger charge is -2.21. The fraction of sp³-hybridized carbons (Fsp3) is 0.417. The van der Waals surface area contributed by atoms with Crippen LogP contribution < -0.4 is 9.47 Å². The van der Waals surface area contributed by atoms with Crippen LogP contribution in [0.3, 0.4) is 0 Å². The molecule has 1 aliphatic rings. The van der Waals surface area contributed by atoms with E-state index >= 15 is 0 Å². The number of aliphatic carboxylic acids is 1. The zero-order valence-electron chi connectivity index (χ0n) is 10.9. The van der Waals surface area contributed by atoms with Crippen LogP contribution in [0.1, 0.15) is 6.92 Å². The van der Waals surface area contributed by atoms with Gasteiger partial charge in [-0.3, -0.25) is 4.79 Å². The number of hydrogen-bond donors (Lipinski definition) is 1. The summed E-state index contributed by atoms with van der Waals surface area (Å²) in [4.78, 5) is 10.7. The van der Waals surface area contributed by atoms with Gasteiger partial charge in [-0.15, -0.1) is 0 Å². The van der Waals surface area contributed by atoms with Crippen molar-refractivity contribution in [2.24, 2.45) is 0 Å². The monoisotopic (exact) mass is 301 g/mol. The lowest BCUT2D eigenvalue weighted by Crippen LogP contribution is -2.35. The van der Waals surface area contributed by atoms with Crippen LogP contribution in [0.4, 0.5) is 0 Å². The third-order valence-electron chi connectivity index (χ3n) is 2.82. The van der Waals surface area contributed by atoms with Crippen molar-refractivity contribution in [2.45, 2.75) is 11.8 Å². The van der Waals surface area contributed by atoms with Crippen molar-refractivity contribution in [3.63, 3.8) is 0 Å². The summed E-state index contributed by atoms with van der Waals surface area (Å²) >= 11 is 0. The van der Waals surface area contributed by atoms with Crippen LogP contribution in [0.5, 0.6) is 11.5 Å². The van der Waals surface area contributed by atoms with Gasteiger partial charge in [0.25, 0.3) is 0 Å². The van der Waals surface area contributed by atoms with E-state index in [1.54, 1.807) is 6.92 Å². The lowest BCUT2D eigenvalue weighted by molar-refractivity contribution is -0.137. The first kappa shape index (κ1) is 14.6. The number of ether oxygens (including phenoxy) is 2. The van der Waals surface area contributed by atoms with Gasteiger partial charge in [-0.05, 0) is 12.1 Å². The first-order chi connectivity index (χ1) is 9.45. The Morgan fingerprint density at radius 3 is 2.55 bits per heavy atom. The van der Waals surface area contributed by atoms with E-state index in [1.807, 2.05) is 0 Å². The van der Waals surface area contributed by atoms with Crippen molar-refractivity contribution >= 4 is 16.0 Å². The fourth-order valence-electron chi connectivity index (χ4n) is 1.85. The second-order valence-corrected chi connectivity index (χ2v) is 6.07. The summed E-state index contributed by atoms with van der Waals surface area (Å²) < 4.78 is 36.2. The van der Waals surface area contributed by atoms with Crippen LogP contribution >= 0.6 is 0 Å². The van der Waals surface area contributed by atoms with Gasteiger partial charge in [-0.25, -0.2) is 8.42 Å². The fourth-order valence-corrected chi connectivity index (χ4v) is 3.27. The van der Waals surface area contributed by atoms with Crippen LogP contribution in [-0.4, -0.2) is 50.1 Å². The smallest absolute Gasteiger partial charge is 0.318 e. The molecule has 20 heavy (non-hydrogen) atoms. The third-order valence-corrected chi connectivity index (χ3v) is 4.73. The second kappa shape index (κ2) is 5.68. The number of fused-ring (bicyclic) bond motifs is 1. The molecule has 1 aromatic rings. The Labute approximate surface area is 116 Å². The van der Waals surface area contributed by atoms with E-state index < -0.39 is 22.5 Å². The molecule has 0 saturated heterocycles. The predicted octanol–water partition coefficient (Wildman–Crippen LogP) is 0.553. The zero-order chi connectivity index (χ0) is 14.8. The second-order valence-electron chi connectivity index (χ2n) is 4.13. The van der Waals surface area contributed by atoms with Crippen molar-refractivity contribution in [3.05, 3.63) is 18.2 Å². The molecule has 0 atom stereocenters. The highest BCUT2D eigenvalue weighted by atomic mass is 32.2. The molecule has 2 rings (SSSR count). The van der Waals surface area contributed by atoms with Gasteiger partial charge >= 0.3 is 5.97 Å². The van der Waals surface area contributed by atoms with E-state index in [0.29, 0.717) is 24.7 Å². The van der Waals surface area contributed by atoms with Crippen LogP contribution in [0, 0.1) is 0 Å². The number of benzene rings is 1. The lowest BCUT2D eigenvalue weighted by atomic mass is 10.3. The molecule has 0 bridgehead atoms. The van der Waals surface area contributed by atoms with E-state index in [-0.39, 0.29) is 11.4 Å². The maximum Gasteiger partial charge on any atom is 0.318 e. The number of carboxylic acids is 1. The van der Waals surface area contributed by atoms with Crippen LogP contribution in [-0.2, 0) is 14.8 Å². The largest absolute Gasteiger partial charge is 0.486 e. The molecular formula is C12H15NO6S. The predicted molar refractivity (Wildman–Crippen MR) is 69.5 cm³/mol. The van der Waals surface area contributed by atoms with E-state index in [4.69, 9.17) is 14.6 Å². The molecular weight excluding hydrogens is 286 g/mol. The maximum atomic E-state index is 12.4. The number of rotatable bonds is 5. The minimum absolute atomic E-state index is 0.00940. The molecule has 0 fully saturated rings. The number of hydrogen-bond acceptors (Lipinski definition) is 5. The molecule has 0 unspecified atom stereocenters. The van der Waals surface area contributed by atoms with Crippen molar-refractivity contribution < 1.29 is 27.8 Å². The Morgan fingerprint density at radius 1 is 1.30 bits per heavy atom. The quantitative estimate of drug-likeness (QED) is 0.854. The van der Waals surface area contributed by atoms with E-state index in [9.17, 15) is 13.2 Å². The number of carbonyl (C=O) groups is 1. The summed E-state index contributed by atoms with van der Waals surface area (Å²) in [6.07, 6.45) is 0. The summed E-state index contributed by atoms with van der Waals surface area (Å²) in [5, 5.41) is 8.77. The first-order valence-electron chi connectivity index (χ1n) is 6.06. The first-order valence-corrected chi connectivity index (χ1v) is 7.50. The van der Waals surface area contributed by atoms with Crippen molar-refractivity contribution in [2.75, 3.05) is 26.3 Å². The molecule has 1 aromatic carbocycles. The van der Waals surface area contributed by atoms with E-state index in [2.05, 4.69) is 0 Å². The topological polar surface area (TPSA) is 93.1 Å². The molecule has 0 amide bonds. The molecule has 1 aliphatic heterocycles. The van der Waals surface area contributed by atoms with Gasteiger partial charge in [0.15, 0.2) is 11.5 Å². The number of likely N-dealkylation sites (N-methyl/N-ethyl adjacent to an activating group) is 1. The third kappa shape index (κ3) is 2.86. The molecule has 0 aliphatic carbocycles. The molecule has 0 radical (unpaired) electrons. The SMILES string of the molecule is CCN(CC(=O)O)S(=O)(=O)c1ccc2c(c1)OCCO2.